The van der Waals surface area contributed by atoms with E-state index in [9.17, 15) is 4.39 Å². The predicted molar refractivity (Wildman–Crippen MR) is 67.7 cm³/mol. The van der Waals surface area contributed by atoms with Crippen LogP contribution in [0.5, 0.6) is 0 Å². The van der Waals surface area contributed by atoms with Crippen LogP contribution in [0.4, 0.5) is 4.39 Å². The van der Waals surface area contributed by atoms with Crippen LogP contribution < -0.4 is 0 Å². The van der Waals surface area contributed by atoms with Gasteiger partial charge in [-0.25, -0.2) is 4.39 Å². The average Bonchev–Trinajstić information content (AvgIpc) is 2.34. The van der Waals surface area contributed by atoms with E-state index in [1.807, 2.05) is 6.07 Å². The summed E-state index contributed by atoms with van der Waals surface area (Å²) in [5.41, 5.74) is 2.99. The topological polar surface area (TPSA) is 3.24 Å². The molecule has 0 N–H and O–H groups in total. The maximum absolute atomic E-state index is 13.5. The first-order chi connectivity index (χ1) is 8.20. The lowest BCUT2D eigenvalue weighted by atomic mass is 9.65. The Bertz CT molecular complexity index is 419. The van der Waals surface area contributed by atoms with Crippen molar-refractivity contribution in [2.24, 2.45) is 0 Å². The van der Waals surface area contributed by atoms with Crippen molar-refractivity contribution < 1.29 is 4.39 Å². The van der Waals surface area contributed by atoms with Gasteiger partial charge in [0.15, 0.2) is 0 Å². The number of rotatable bonds is 0. The fourth-order valence-electron chi connectivity index (χ4n) is 3.58. The Labute approximate surface area is 103 Å². The largest absolute Gasteiger partial charge is 0.306 e. The van der Waals surface area contributed by atoms with Gasteiger partial charge < -0.3 is 4.90 Å². The van der Waals surface area contributed by atoms with Crippen LogP contribution in [-0.2, 0) is 11.8 Å². The summed E-state index contributed by atoms with van der Waals surface area (Å²) in [4.78, 5) is 2.39. The minimum absolute atomic E-state index is 0.0658. The Morgan fingerprint density at radius 3 is 2.71 bits per heavy atom. The first-order valence-corrected chi connectivity index (χ1v) is 6.67. The summed E-state index contributed by atoms with van der Waals surface area (Å²) < 4.78 is 13.5. The lowest BCUT2D eigenvalue weighted by Crippen LogP contribution is -2.42. The quantitative estimate of drug-likeness (QED) is 0.665. The summed E-state index contributed by atoms with van der Waals surface area (Å²) in [5, 5.41) is 0. The third-order valence-electron chi connectivity index (χ3n) is 4.69. The lowest BCUT2D eigenvalue weighted by molar-refractivity contribution is 0.169. The Balaban J connectivity index is 2.00. The van der Waals surface area contributed by atoms with Crippen molar-refractivity contribution in [1.29, 1.82) is 0 Å². The molecule has 0 amide bonds. The van der Waals surface area contributed by atoms with Gasteiger partial charge in [0.1, 0.15) is 5.82 Å². The zero-order chi connectivity index (χ0) is 11.9. The molecule has 2 aliphatic rings. The molecular weight excluding hydrogens is 213 g/mol. The van der Waals surface area contributed by atoms with Gasteiger partial charge in [-0.05, 0) is 80.9 Å². The second-order valence-electron chi connectivity index (χ2n) is 5.74. The molecule has 17 heavy (non-hydrogen) atoms. The van der Waals surface area contributed by atoms with Crippen LogP contribution in [-0.4, -0.2) is 25.0 Å². The van der Waals surface area contributed by atoms with Gasteiger partial charge in [0, 0.05) is 0 Å². The molecule has 0 aromatic heterocycles. The first-order valence-electron chi connectivity index (χ1n) is 6.67. The van der Waals surface area contributed by atoms with Crippen molar-refractivity contribution in [3.8, 4) is 0 Å². The van der Waals surface area contributed by atoms with Crippen LogP contribution in [0, 0.1) is 5.82 Å². The number of piperidine rings is 1. The SMILES string of the molecule is CN1CCC2(CCCc3ccc(F)cc32)CC1. The number of nitrogens with zero attached hydrogens (tertiary/aromatic N) is 1. The molecule has 0 unspecified atom stereocenters. The zero-order valence-electron chi connectivity index (χ0n) is 10.5. The number of aryl methyl sites for hydroxylation is 1. The molecule has 0 saturated carbocycles. The number of hydrogen-bond donors (Lipinski definition) is 0. The van der Waals surface area contributed by atoms with Gasteiger partial charge >= 0.3 is 0 Å². The summed E-state index contributed by atoms with van der Waals surface area (Å²) in [7, 11) is 2.18. The van der Waals surface area contributed by atoms with E-state index in [4.69, 9.17) is 0 Å². The standard InChI is InChI=1S/C15H20FN/c1-17-9-7-15(8-10-17)6-2-3-12-4-5-13(16)11-14(12)15/h4-5,11H,2-3,6-10H2,1H3. The summed E-state index contributed by atoms with van der Waals surface area (Å²) in [6.07, 6.45) is 6.03. The van der Waals surface area contributed by atoms with Crippen molar-refractivity contribution in [3.05, 3.63) is 35.1 Å². The number of likely N-dealkylation sites (tertiary alicyclic amines) is 1. The van der Waals surface area contributed by atoms with Gasteiger partial charge in [0.2, 0.25) is 0 Å². The maximum Gasteiger partial charge on any atom is 0.123 e. The zero-order valence-corrected chi connectivity index (χ0v) is 10.5. The molecule has 1 aliphatic carbocycles. The van der Waals surface area contributed by atoms with Gasteiger partial charge in [-0.15, -0.1) is 0 Å². The molecule has 92 valence electrons. The highest BCUT2D eigenvalue weighted by molar-refractivity contribution is 5.37. The van der Waals surface area contributed by atoms with Crippen LogP contribution in [0.2, 0.25) is 0 Å². The van der Waals surface area contributed by atoms with E-state index in [1.165, 1.54) is 36.8 Å². The minimum Gasteiger partial charge on any atom is -0.306 e. The summed E-state index contributed by atoms with van der Waals surface area (Å²) >= 11 is 0. The van der Waals surface area contributed by atoms with Gasteiger partial charge in [0.25, 0.3) is 0 Å². The molecule has 2 heteroatoms. The van der Waals surface area contributed by atoms with Crippen molar-refractivity contribution in [2.75, 3.05) is 20.1 Å². The van der Waals surface area contributed by atoms with Crippen molar-refractivity contribution in [3.63, 3.8) is 0 Å². The highest BCUT2D eigenvalue weighted by Gasteiger charge is 2.38. The highest BCUT2D eigenvalue weighted by Crippen LogP contribution is 2.44. The van der Waals surface area contributed by atoms with E-state index >= 15 is 0 Å². The fourth-order valence-corrected chi connectivity index (χ4v) is 3.58. The van der Waals surface area contributed by atoms with E-state index in [0.29, 0.717) is 0 Å². The summed E-state index contributed by atoms with van der Waals surface area (Å²) in [6.45, 7) is 2.30. The van der Waals surface area contributed by atoms with Gasteiger partial charge in [0.05, 0.1) is 0 Å². The van der Waals surface area contributed by atoms with Crippen LogP contribution >= 0.6 is 0 Å². The number of benzene rings is 1. The number of fused-ring (bicyclic) bond motifs is 2. The molecule has 1 nitrogen and oxygen atoms in total. The van der Waals surface area contributed by atoms with Gasteiger partial charge in [-0.1, -0.05) is 6.07 Å². The third kappa shape index (κ3) is 1.89. The minimum atomic E-state index is -0.0658. The second-order valence-corrected chi connectivity index (χ2v) is 5.74. The van der Waals surface area contributed by atoms with E-state index in [0.717, 1.165) is 19.5 Å². The van der Waals surface area contributed by atoms with E-state index in [2.05, 4.69) is 11.9 Å². The van der Waals surface area contributed by atoms with Gasteiger partial charge in [-0.2, -0.15) is 0 Å². The molecule has 0 atom stereocenters. The molecule has 0 radical (unpaired) electrons. The first kappa shape index (κ1) is 11.2. The van der Waals surface area contributed by atoms with Crippen LogP contribution in [0.15, 0.2) is 18.2 Å². The molecule has 1 saturated heterocycles. The van der Waals surface area contributed by atoms with E-state index in [-0.39, 0.29) is 11.2 Å². The maximum atomic E-state index is 13.5. The van der Waals surface area contributed by atoms with E-state index < -0.39 is 0 Å². The van der Waals surface area contributed by atoms with Gasteiger partial charge in [-0.3, -0.25) is 0 Å². The van der Waals surface area contributed by atoms with Crippen LogP contribution in [0.3, 0.4) is 0 Å². The second kappa shape index (κ2) is 4.09. The van der Waals surface area contributed by atoms with Crippen molar-refractivity contribution in [1.82, 2.24) is 4.90 Å². The van der Waals surface area contributed by atoms with E-state index in [1.54, 1.807) is 12.1 Å². The van der Waals surface area contributed by atoms with Crippen molar-refractivity contribution in [2.45, 2.75) is 37.5 Å². The lowest BCUT2D eigenvalue weighted by Gasteiger charge is -2.44. The summed E-state index contributed by atoms with van der Waals surface area (Å²) in [5.74, 6) is -0.0658. The predicted octanol–water partition coefficient (Wildman–Crippen LogP) is 3.13. The smallest absolute Gasteiger partial charge is 0.123 e. The average molecular weight is 233 g/mol. The normalized spacial score (nSPS) is 23.6. The number of halogens is 1. The summed E-state index contributed by atoms with van der Waals surface area (Å²) in [6, 6.07) is 5.43. The molecule has 1 spiro atoms. The molecular formula is C15H20FN. The molecule has 0 bridgehead atoms. The van der Waals surface area contributed by atoms with Crippen molar-refractivity contribution >= 4 is 0 Å². The Kier molecular flexibility index (Phi) is 2.70. The van der Waals surface area contributed by atoms with Crippen LogP contribution in [0.25, 0.3) is 0 Å². The molecule has 3 rings (SSSR count). The molecule has 1 aromatic rings. The Hall–Kier alpha value is -0.890. The van der Waals surface area contributed by atoms with Crippen LogP contribution in [0.1, 0.15) is 36.8 Å². The molecule has 1 heterocycles. The molecule has 1 fully saturated rings. The Morgan fingerprint density at radius 1 is 1.18 bits per heavy atom. The molecule has 1 aliphatic heterocycles. The number of hydrogen-bond acceptors (Lipinski definition) is 1. The highest BCUT2D eigenvalue weighted by atomic mass is 19.1. The monoisotopic (exact) mass is 233 g/mol. The third-order valence-corrected chi connectivity index (χ3v) is 4.69. The Morgan fingerprint density at radius 2 is 1.94 bits per heavy atom. The fraction of sp³-hybridized carbons (Fsp3) is 0.600. The molecule has 1 aromatic carbocycles.